The quantitative estimate of drug-likeness (QED) is 0.527. The molecule has 0 atom stereocenters. The first-order chi connectivity index (χ1) is 14.0. The molecule has 150 valence electrons. The van der Waals surface area contributed by atoms with Crippen LogP contribution in [0.1, 0.15) is 48.2 Å². The Hall–Kier alpha value is -3.21. The van der Waals surface area contributed by atoms with Gasteiger partial charge >= 0.3 is 0 Å². The number of ketones is 1. The normalized spacial score (nSPS) is 10.9. The molecule has 0 bridgehead atoms. The van der Waals surface area contributed by atoms with E-state index in [9.17, 15) is 9.59 Å². The Bertz CT molecular complexity index is 927. The van der Waals surface area contributed by atoms with Crippen LogP contribution in [-0.2, 0) is 17.8 Å². The van der Waals surface area contributed by atoms with E-state index in [-0.39, 0.29) is 24.5 Å². The van der Waals surface area contributed by atoms with Crippen LogP contribution in [0.5, 0.6) is 0 Å². The first kappa shape index (κ1) is 20.5. The van der Waals surface area contributed by atoms with Crippen molar-refractivity contribution in [2.24, 2.45) is 5.92 Å². The van der Waals surface area contributed by atoms with E-state index < -0.39 is 0 Å². The zero-order valence-corrected chi connectivity index (χ0v) is 16.9. The molecule has 0 aliphatic heterocycles. The number of nitrogens with zero attached hydrogens (tertiary/aromatic N) is 1. The first-order valence-corrected chi connectivity index (χ1v) is 9.99. The lowest BCUT2D eigenvalue weighted by Gasteiger charge is -2.07. The number of aromatic amines is 1. The van der Waals surface area contributed by atoms with Gasteiger partial charge in [0.25, 0.3) is 0 Å². The van der Waals surface area contributed by atoms with Gasteiger partial charge < -0.3 is 5.32 Å². The molecular weight excluding hydrogens is 362 g/mol. The topological polar surface area (TPSA) is 74.8 Å². The van der Waals surface area contributed by atoms with E-state index in [1.165, 1.54) is 5.56 Å². The van der Waals surface area contributed by atoms with E-state index in [1.807, 2.05) is 54.6 Å². The van der Waals surface area contributed by atoms with Crippen molar-refractivity contribution in [2.45, 2.75) is 39.7 Å². The molecule has 3 aromatic rings. The number of amides is 1. The fraction of sp³-hybridized carbons (Fsp3) is 0.292. The van der Waals surface area contributed by atoms with Crippen molar-refractivity contribution in [3.63, 3.8) is 0 Å². The highest BCUT2D eigenvalue weighted by Gasteiger charge is 2.10. The standard InChI is InChI=1S/C24H27N3O2/c1-17(2)15-18-3-9-21(10-4-18)23(28)11-12-24(29)25-16-19-5-7-20(8-6-19)22-13-14-26-27-22/h3-10,13-14,17H,11-12,15-16H2,1-2H3,(H,25,29)(H,26,27). The summed E-state index contributed by atoms with van der Waals surface area (Å²) in [6.07, 6.45) is 3.12. The van der Waals surface area contributed by atoms with Gasteiger partial charge in [-0.1, -0.05) is 62.4 Å². The number of carbonyl (C=O) groups is 2. The van der Waals surface area contributed by atoms with Gasteiger partial charge in [-0.05, 0) is 35.1 Å². The molecule has 0 fully saturated rings. The Morgan fingerprint density at radius 1 is 0.931 bits per heavy atom. The predicted octanol–water partition coefficient (Wildman–Crippen LogP) is 4.55. The summed E-state index contributed by atoms with van der Waals surface area (Å²) in [5.41, 5.74) is 4.90. The summed E-state index contributed by atoms with van der Waals surface area (Å²) >= 11 is 0. The Balaban J connectivity index is 1.43. The first-order valence-electron chi connectivity index (χ1n) is 9.99. The van der Waals surface area contributed by atoms with Crippen LogP contribution in [0, 0.1) is 5.92 Å². The Morgan fingerprint density at radius 2 is 1.62 bits per heavy atom. The smallest absolute Gasteiger partial charge is 0.220 e. The highest BCUT2D eigenvalue weighted by Crippen LogP contribution is 2.16. The molecular formula is C24H27N3O2. The summed E-state index contributed by atoms with van der Waals surface area (Å²) in [5.74, 6) is 0.467. The molecule has 0 saturated heterocycles. The highest BCUT2D eigenvalue weighted by molar-refractivity contribution is 5.97. The van der Waals surface area contributed by atoms with E-state index in [0.29, 0.717) is 18.0 Å². The predicted molar refractivity (Wildman–Crippen MR) is 114 cm³/mol. The molecule has 2 aromatic carbocycles. The minimum absolute atomic E-state index is 0.000146. The third-order valence-electron chi connectivity index (χ3n) is 4.75. The monoisotopic (exact) mass is 389 g/mol. The number of benzene rings is 2. The summed E-state index contributed by atoms with van der Waals surface area (Å²) < 4.78 is 0. The number of rotatable bonds is 9. The zero-order valence-electron chi connectivity index (χ0n) is 16.9. The van der Waals surface area contributed by atoms with Crippen LogP contribution >= 0.6 is 0 Å². The van der Waals surface area contributed by atoms with Crippen molar-refractivity contribution < 1.29 is 9.59 Å². The van der Waals surface area contributed by atoms with E-state index in [0.717, 1.165) is 23.2 Å². The maximum Gasteiger partial charge on any atom is 0.220 e. The number of carbonyl (C=O) groups excluding carboxylic acids is 2. The van der Waals surface area contributed by atoms with Crippen LogP contribution < -0.4 is 5.32 Å². The number of Topliss-reactive ketones (excluding diaryl/α,β-unsaturated/α-hetero) is 1. The van der Waals surface area contributed by atoms with Gasteiger partial charge in [0.2, 0.25) is 5.91 Å². The minimum atomic E-state index is -0.118. The van der Waals surface area contributed by atoms with Gasteiger partial charge in [-0.2, -0.15) is 5.10 Å². The van der Waals surface area contributed by atoms with Crippen LogP contribution in [0.2, 0.25) is 0 Å². The van der Waals surface area contributed by atoms with Gasteiger partial charge in [0.15, 0.2) is 5.78 Å². The Kier molecular flexibility index (Phi) is 6.95. The van der Waals surface area contributed by atoms with E-state index >= 15 is 0 Å². The largest absolute Gasteiger partial charge is 0.352 e. The molecule has 5 nitrogen and oxygen atoms in total. The van der Waals surface area contributed by atoms with Gasteiger partial charge in [0, 0.05) is 31.1 Å². The summed E-state index contributed by atoms with van der Waals surface area (Å²) in [6.45, 7) is 4.79. The van der Waals surface area contributed by atoms with Gasteiger partial charge in [0.1, 0.15) is 0 Å². The number of aromatic nitrogens is 2. The van der Waals surface area contributed by atoms with Crippen molar-refractivity contribution in [3.05, 3.63) is 77.5 Å². The summed E-state index contributed by atoms with van der Waals surface area (Å²) in [7, 11) is 0. The van der Waals surface area contributed by atoms with Crippen molar-refractivity contribution >= 4 is 11.7 Å². The van der Waals surface area contributed by atoms with Gasteiger partial charge in [-0.3, -0.25) is 14.7 Å². The molecule has 5 heteroatoms. The third-order valence-corrected chi connectivity index (χ3v) is 4.75. The van der Waals surface area contributed by atoms with Gasteiger partial charge in [0.05, 0.1) is 5.69 Å². The average Bonchev–Trinajstić information content (AvgIpc) is 3.26. The summed E-state index contributed by atoms with van der Waals surface area (Å²) in [6, 6.07) is 17.5. The summed E-state index contributed by atoms with van der Waals surface area (Å²) in [4.78, 5) is 24.4. The van der Waals surface area contributed by atoms with Crippen LogP contribution in [0.4, 0.5) is 0 Å². The average molecular weight is 389 g/mol. The van der Waals surface area contributed by atoms with E-state index in [4.69, 9.17) is 0 Å². The highest BCUT2D eigenvalue weighted by atomic mass is 16.2. The molecule has 1 aromatic heterocycles. The number of nitrogens with one attached hydrogen (secondary N) is 2. The fourth-order valence-electron chi connectivity index (χ4n) is 3.18. The van der Waals surface area contributed by atoms with Crippen LogP contribution in [0.15, 0.2) is 60.8 Å². The minimum Gasteiger partial charge on any atom is -0.352 e. The second kappa shape index (κ2) is 9.82. The van der Waals surface area contributed by atoms with Crippen LogP contribution in [0.25, 0.3) is 11.3 Å². The van der Waals surface area contributed by atoms with Crippen molar-refractivity contribution in [1.29, 1.82) is 0 Å². The molecule has 0 spiro atoms. The van der Waals surface area contributed by atoms with Crippen molar-refractivity contribution in [3.8, 4) is 11.3 Å². The molecule has 29 heavy (non-hydrogen) atoms. The molecule has 0 unspecified atom stereocenters. The Labute approximate surface area is 171 Å². The van der Waals surface area contributed by atoms with Crippen molar-refractivity contribution in [2.75, 3.05) is 0 Å². The number of hydrogen-bond acceptors (Lipinski definition) is 3. The molecule has 0 radical (unpaired) electrons. The number of H-pyrrole nitrogens is 1. The van der Waals surface area contributed by atoms with Crippen molar-refractivity contribution in [1.82, 2.24) is 15.5 Å². The molecule has 2 N–H and O–H groups in total. The summed E-state index contributed by atoms with van der Waals surface area (Å²) in [5, 5.41) is 9.75. The lowest BCUT2D eigenvalue weighted by atomic mass is 9.99. The van der Waals surface area contributed by atoms with Gasteiger partial charge in [-0.15, -0.1) is 0 Å². The van der Waals surface area contributed by atoms with Crippen LogP contribution in [-0.4, -0.2) is 21.9 Å². The van der Waals surface area contributed by atoms with Crippen LogP contribution in [0.3, 0.4) is 0 Å². The Morgan fingerprint density at radius 3 is 2.24 bits per heavy atom. The third kappa shape index (κ3) is 6.14. The van der Waals surface area contributed by atoms with E-state index in [2.05, 4.69) is 29.4 Å². The fourth-order valence-corrected chi connectivity index (χ4v) is 3.18. The molecule has 1 amide bonds. The number of hydrogen-bond donors (Lipinski definition) is 2. The molecule has 0 aliphatic carbocycles. The van der Waals surface area contributed by atoms with E-state index in [1.54, 1.807) is 6.20 Å². The molecule has 0 saturated carbocycles. The SMILES string of the molecule is CC(C)Cc1ccc(C(=O)CCC(=O)NCc2ccc(-c3ccn[nH]3)cc2)cc1. The molecule has 1 heterocycles. The lowest BCUT2D eigenvalue weighted by molar-refractivity contribution is -0.121. The zero-order chi connectivity index (χ0) is 20.6. The maximum absolute atomic E-state index is 12.3. The maximum atomic E-state index is 12.3. The second-order valence-electron chi connectivity index (χ2n) is 7.66. The molecule has 0 aliphatic rings. The lowest BCUT2D eigenvalue weighted by Crippen LogP contribution is -2.23. The molecule has 3 rings (SSSR count). The van der Waals surface area contributed by atoms with Gasteiger partial charge in [-0.25, -0.2) is 0 Å². The second-order valence-corrected chi connectivity index (χ2v) is 7.66.